The number of halogens is 1. The van der Waals surface area contributed by atoms with Crippen molar-refractivity contribution in [1.29, 1.82) is 0 Å². The summed E-state index contributed by atoms with van der Waals surface area (Å²) < 4.78 is 27.5. The second kappa shape index (κ2) is 7.43. The first-order chi connectivity index (χ1) is 11.9. The van der Waals surface area contributed by atoms with Crippen LogP contribution >= 0.6 is 22.9 Å². The minimum atomic E-state index is -3.67. The minimum Gasteiger partial charge on any atom is -0.380 e. The van der Waals surface area contributed by atoms with Crippen LogP contribution in [0.5, 0.6) is 0 Å². The molecule has 0 saturated carbocycles. The van der Waals surface area contributed by atoms with Gasteiger partial charge >= 0.3 is 0 Å². The molecule has 1 aromatic carbocycles. The maximum Gasteiger partial charge on any atom is 0.272 e. The number of hydrogen-bond acceptors (Lipinski definition) is 5. The number of anilines is 2. The molecule has 0 radical (unpaired) electrons. The van der Waals surface area contributed by atoms with Gasteiger partial charge in [-0.15, -0.1) is 11.3 Å². The van der Waals surface area contributed by atoms with Gasteiger partial charge in [0, 0.05) is 6.54 Å². The number of rotatable bonds is 6. The van der Waals surface area contributed by atoms with Crippen molar-refractivity contribution in [3.05, 3.63) is 70.2 Å². The van der Waals surface area contributed by atoms with Gasteiger partial charge in [-0.25, -0.2) is 13.4 Å². The zero-order valence-electron chi connectivity index (χ0n) is 13.4. The van der Waals surface area contributed by atoms with Gasteiger partial charge in [-0.3, -0.25) is 4.72 Å². The second-order valence-electron chi connectivity index (χ2n) is 5.38. The van der Waals surface area contributed by atoms with Gasteiger partial charge in [0.25, 0.3) is 10.0 Å². The van der Waals surface area contributed by atoms with Crippen LogP contribution in [-0.2, 0) is 16.6 Å². The van der Waals surface area contributed by atoms with Gasteiger partial charge in [0.15, 0.2) is 0 Å². The molecular weight excluding hydrogens is 378 g/mol. The molecule has 2 N–H and O–H groups in total. The fourth-order valence-electron chi connectivity index (χ4n) is 2.19. The molecule has 0 fully saturated rings. The molecule has 2 aromatic heterocycles. The smallest absolute Gasteiger partial charge is 0.272 e. The summed E-state index contributed by atoms with van der Waals surface area (Å²) in [7, 11) is -3.67. The number of nitrogens with zero attached hydrogens (tertiary/aromatic N) is 1. The van der Waals surface area contributed by atoms with Crippen LogP contribution in [0, 0.1) is 6.92 Å². The standard InChI is InChI=1S/C17H16ClN3O2S2/c1-12-4-2-3-5-13(12)10-19-14-6-8-16(20-11-14)21-25(22,23)17-9-7-15(18)24-17/h2-9,11,19H,10H2,1H3,(H,20,21). The highest BCUT2D eigenvalue weighted by Gasteiger charge is 2.17. The van der Waals surface area contributed by atoms with Crippen molar-refractivity contribution in [3.8, 4) is 0 Å². The monoisotopic (exact) mass is 393 g/mol. The van der Waals surface area contributed by atoms with Crippen LogP contribution in [0.4, 0.5) is 11.5 Å². The van der Waals surface area contributed by atoms with Crippen LogP contribution in [0.2, 0.25) is 4.34 Å². The quantitative estimate of drug-likeness (QED) is 0.646. The van der Waals surface area contributed by atoms with Gasteiger partial charge in [-0.1, -0.05) is 35.9 Å². The molecule has 0 amide bonds. The van der Waals surface area contributed by atoms with E-state index in [0.717, 1.165) is 17.0 Å². The first-order valence-electron chi connectivity index (χ1n) is 7.47. The number of nitrogens with one attached hydrogen (secondary N) is 2. The third-order valence-electron chi connectivity index (χ3n) is 3.56. The average molecular weight is 394 g/mol. The van der Waals surface area contributed by atoms with E-state index in [2.05, 4.69) is 34.1 Å². The number of pyridine rings is 1. The van der Waals surface area contributed by atoms with Crippen molar-refractivity contribution >= 4 is 44.5 Å². The van der Waals surface area contributed by atoms with Crippen molar-refractivity contribution in [2.75, 3.05) is 10.0 Å². The highest BCUT2D eigenvalue weighted by atomic mass is 35.5. The molecular formula is C17H16ClN3O2S2. The molecule has 2 heterocycles. The molecule has 130 valence electrons. The van der Waals surface area contributed by atoms with E-state index in [-0.39, 0.29) is 10.0 Å². The van der Waals surface area contributed by atoms with Gasteiger partial charge < -0.3 is 5.32 Å². The van der Waals surface area contributed by atoms with E-state index >= 15 is 0 Å². The molecule has 8 heteroatoms. The van der Waals surface area contributed by atoms with Crippen LogP contribution in [0.15, 0.2) is 58.9 Å². The Labute approximate surface area is 155 Å². The van der Waals surface area contributed by atoms with E-state index in [1.165, 1.54) is 17.2 Å². The largest absolute Gasteiger partial charge is 0.380 e. The maximum atomic E-state index is 12.2. The zero-order valence-corrected chi connectivity index (χ0v) is 15.8. The summed E-state index contributed by atoms with van der Waals surface area (Å²) in [4.78, 5) is 4.15. The van der Waals surface area contributed by atoms with Crippen LogP contribution in [0.1, 0.15) is 11.1 Å². The highest BCUT2D eigenvalue weighted by Crippen LogP contribution is 2.27. The summed E-state index contributed by atoms with van der Waals surface area (Å²) in [6.07, 6.45) is 1.59. The number of benzene rings is 1. The molecule has 0 aliphatic rings. The van der Waals surface area contributed by atoms with Crippen LogP contribution in [-0.4, -0.2) is 13.4 Å². The SMILES string of the molecule is Cc1ccccc1CNc1ccc(NS(=O)(=O)c2ccc(Cl)s2)nc1. The number of hydrogen-bond donors (Lipinski definition) is 2. The number of aryl methyl sites for hydroxylation is 1. The number of sulfonamides is 1. The van der Waals surface area contributed by atoms with E-state index < -0.39 is 10.0 Å². The maximum absolute atomic E-state index is 12.2. The lowest BCUT2D eigenvalue weighted by Crippen LogP contribution is -2.12. The van der Waals surface area contributed by atoms with Crippen molar-refractivity contribution < 1.29 is 8.42 Å². The third-order valence-corrected chi connectivity index (χ3v) is 6.64. The van der Waals surface area contributed by atoms with Crippen LogP contribution in [0.25, 0.3) is 0 Å². The molecule has 5 nitrogen and oxygen atoms in total. The van der Waals surface area contributed by atoms with Crippen molar-refractivity contribution in [2.45, 2.75) is 17.7 Å². The predicted molar refractivity (Wildman–Crippen MR) is 103 cm³/mol. The second-order valence-corrected chi connectivity index (χ2v) is 9.00. The molecule has 0 bridgehead atoms. The average Bonchev–Trinajstić information content (AvgIpc) is 3.03. The zero-order chi connectivity index (χ0) is 17.9. The Morgan fingerprint density at radius 2 is 1.92 bits per heavy atom. The summed E-state index contributed by atoms with van der Waals surface area (Å²) in [6, 6.07) is 14.5. The fourth-order valence-corrected chi connectivity index (χ4v) is 4.69. The Kier molecular flexibility index (Phi) is 5.27. The Hall–Kier alpha value is -2.09. The molecule has 0 aliphatic carbocycles. The van der Waals surface area contributed by atoms with Gasteiger partial charge in [0.2, 0.25) is 0 Å². The Morgan fingerprint density at radius 1 is 1.12 bits per heavy atom. The summed E-state index contributed by atoms with van der Waals surface area (Å²) in [6.45, 7) is 2.73. The molecule has 0 atom stereocenters. The lowest BCUT2D eigenvalue weighted by Gasteiger charge is -2.10. The van der Waals surface area contributed by atoms with E-state index in [1.54, 1.807) is 24.4 Å². The van der Waals surface area contributed by atoms with Gasteiger partial charge in [0.05, 0.1) is 16.2 Å². The molecule has 0 saturated heterocycles. The summed E-state index contributed by atoms with van der Waals surface area (Å²) in [5, 5.41) is 3.27. The van der Waals surface area contributed by atoms with Gasteiger partial charge in [-0.05, 0) is 42.3 Å². The van der Waals surface area contributed by atoms with Crippen molar-refractivity contribution in [2.24, 2.45) is 0 Å². The third kappa shape index (κ3) is 4.50. The topological polar surface area (TPSA) is 71.1 Å². The van der Waals surface area contributed by atoms with E-state index in [0.29, 0.717) is 10.9 Å². The first-order valence-corrected chi connectivity index (χ1v) is 10.1. The summed E-state index contributed by atoms with van der Waals surface area (Å²) in [5.74, 6) is 0.256. The van der Waals surface area contributed by atoms with Crippen LogP contribution < -0.4 is 10.0 Å². The first kappa shape index (κ1) is 17.7. The molecule has 0 unspecified atom stereocenters. The normalized spacial score (nSPS) is 11.3. The molecule has 0 aliphatic heterocycles. The predicted octanol–water partition coefficient (Wildman–Crippen LogP) is 4.52. The molecule has 3 aromatic rings. The number of thiophene rings is 1. The van der Waals surface area contributed by atoms with Crippen molar-refractivity contribution in [1.82, 2.24) is 4.98 Å². The van der Waals surface area contributed by atoms with E-state index in [1.807, 2.05) is 12.1 Å². The highest BCUT2D eigenvalue weighted by molar-refractivity contribution is 7.94. The van der Waals surface area contributed by atoms with E-state index in [9.17, 15) is 8.42 Å². The Morgan fingerprint density at radius 3 is 2.56 bits per heavy atom. The minimum absolute atomic E-state index is 0.154. The van der Waals surface area contributed by atoms with E-state index in [4.69, 9.17) is 11.6 Å². The Balaban J connectivity index is 1.65. The summed E-state index contributed by atoms with van der Waals surface area (Å²) >= 11 is 6.79. The van der Waals surface area contributed by atoms with Gasteiger partial charge in [0.1, 0.15) is 10.0 Å². The molecule has 25 heavy (non-hydrogen) atoms. The van der Waals surface area contributed by atoms with Gasteiger partial charge in [-0.2, -0.15) is 0 Å². The lowest BCUT2D eigenvalue weighted by molar-refractivity contribution is 0.603. The Bertz CT molecular complexity index is 970. The van der Waals surface area contributed by atoms with Crippen molar-refractivity contribution in [3.63, 3.8) is 0 Å². The van der Waals surface area contributed by atoms with Crippen LogP contribution in [0.3, 0.4) is 0 Å². The number of aromatic nitrogens is 1. The lowest BCUT2D eigenvalue weighted by atomic mass is 10.1. The molecule has 0 spiro atoms. The summed E-state index contributed by atoms with van der Waals surface area (Å²) in [5.41, 5.74) is 3.22. The molecule has 3 rings (SSSR count). The fraction of sp³-hybridized carbons (Fsp3) is 0.118.